The monoisotopic (exact) mass is 311 g/mol. The Kier molecular flexibility index (Phi) is 7.15. The molecule has 5 heteroatoms. The van der Waals surface area contributed by atoms with Crippen LogP contribution in [0.4, 0.5) is 0 Å². The van der Waals surface area contributed by atoms with E-state index in [2.05, 4.69) is 34.5 Å². The number of halogens is 1. The summed E-state index contributed by atoms with van der Waals surface area (Å²) >= 11 is 0. The zero-order valence-electron chi connectivity index (χ0n) is 12.8. The molecular weight excluding hydrogens is 286 g/mol. The lowest BCUT2D eigenvalue weighted by Crippen LogP contribution is -2.39. The molecule has 1 aromatic carbocycles. The second-order valence-corrected chi connectivity index (χ2v) is 5.93. The summed E-state index contributed by atoms with van der Waals surface area (Å²) in [5.41, 5.74) is 7.24. The molecule has 0 bridgehead atoms. The molecule has 0 radical (unpaired) electrons. The number of hydrogen-bond acceptors (Lipinski definition) is 3. The molecule has 1 heterocycles. The highest BCUT2D eigenvalue weighted by molar-refractivity contribution is 5.85. The van der Waals surface area contributed by atoms with E-state index in [0.29, 0.717) is 24.9 Å². The third-order valence-corrected chi connectivity index (χ3v) is 3.86. The Morgan fingerprint density at radius 3 is 2.57 bits per heavy atom. The summed E-state index contributed by atoms with van der Waals surface area (Å²) in [5, 5.41) is 2.95. The van der Waals surface area contributed by atoms with E-state index >= 15 is 0 Å². The van der Waals surface area contributed by atoms with Crippen molar-refractivity contribution < 1.29 is 4.79 Å². The number of likely N-dealkylation sites (tertiary alicyclic amines) is 1. The normalized spacial score (nSPS) is 22.1. The Bertz CT molecular complexity index is 438. The largest absolute Gasteiger partial charge is 0.353 e. The number of nitrogens with two attached hydrogens (primary N) is 1. The summed E-state index contributed by atoms with van der Waals surface area (Å²) in [6, 6.07) is 10.7. The van der Waals surface area contributed by atoms with Crippen LogP contribution in [0.15, 0.2) is 30.3 Å². The quantitative estimate of drug-likeness (QED) is 0.868. The first kappa shape index (κ1) is 18.0. The van der Waals surface area contributed by atoms with Gasteiger partial charge in [0.15, 0.2) is 0 Å². The van der Waals surface area contributed by atoms with Crippen LogP contribution < -0.4 is 11.1 Å². The van der Waals surface area contributed by atoms with E-state index in [0.717, 1.165) is 13.1 Å². The van der Waals surface area contributed by atoms with Gasteiger partial charge in [-0.15, -0.1) is 12.4 Å². The lowest BCUT2D eigenvalue weighted by atomic mass is 9.89. The maximum atomic E-state index is 11.9. The van der Waals surface area contributed by atoms with Crippen molar-refractivity contribution >= 4 is 18.3 Å². The minimum Gasteiger partial charge on any atom is -0.353 e. The summed E-state index contributed by atoms with van der Waals surface area (Å²) in [6.45, 7) is 6.92. The van der Waals surface area contributed by atoms with Gasteiger partial charge in [-0.3, -0.25) is 9.69 Å². The number of nitrogens with one attached hydrogen (secondary N) is 1. The second-order valence-electron chi connectivity index (χ2n) is 5.93. The number of nitrogens with zero attached hydrogens (tertiary/aromatic N) is 1. The molecule has 21 heavy (non-hydrogen) atoms. The SMILES string of the molecule is CC(C)NC(=O)CN1C[C@@H](CN)[C@H](c2ccccc2)C1.Cl. The highest BCUT2D eigenvalue weighted by Crippen LogP contribution is 2.31. The predicted molar refractivity (Wildman–Crippen MR) is 88.7 cm³/mol. The zero-order chi connectivity index (χ0) is 14.5. The molecule has 3 N–H and O–H groups in total. The van der Waals surface area contributed by atoms with Crippen LogP contribution in [-0.4, -0.2) is 43.0 Å². The van der Waals surface area contributed by atoms with E-state index in [-0.39, 0.29) is 24.4 Å². The van der Waals surface area contributed by atoms with E-state index in [1.54, 1.807) is 0 Å². The van der Waals surface area contributed by atoms with E-state index < -0.39 is 0 Å². The number of amides is 1. The van der Waals surface area contributed by atoms with Crippen molar-refractivity contribution in [3.8, 4) is 0 Å². The fourth-order valence-electron chi connectivity index (χ4n) is 2.98. The van der Waals surface area contributed by atoms with Crippen molar-refractivity contribution in [1.82, 2.24) is 10.2 Å². The van der Waals surface area contributed by atoms with Crippen LogP contribution in [0.5, 0.6) is 0 Å². The first-order valence-electron chi connectivity index (χ1n) is 7.37. The molecule has 0 saturated carbocycles. The molecule has 0 unspecified atom stereocenters. The topological polar surface area (TPSA) is 58.4 Å². The molecule has 1 amide bonds. The van der Waals surface area contributed by atoms with Gasteiger partial charge in [0.05, 0.1) is 6.54 Å². The maximum absolute atomic E-state index is 11.9. The molecule has 1 aliphatic rings. The van der Waals surface area contributed by atoms with E-state index in [9.17, 15) is 4.79 Å². The van der Waals surface area contributed by atoms with Crippen LogP contribution in [0.25, 0.3) is 0 Å². The standard InChI is InChI=1S/C16H25N3O.ClH/c1-12(2)18-16(20)11-19-9-14(8-17)15(10-19)13-6-4-3-5-7-13;/h3-7,12,14-15H,8-11,17H2,1-2H3,(H,18,20);1H/t14-,15+;/m1./s1. The van der Waals surface area contributed by atoms with Crippen LogP contribution in [0.2, 0.25) is 0 Å². The molecule has 0 aliphatic carbocycles. The predicted octanol–water partition coefficient (Wildman–Crippen LogP) is 1.61. The molecular formula is C16H26ClN3O. The molecule has 1 aromatic rings. The van der Waals surface area contributed by atoms with Gasteiger partial charge in [0.2, 0.25) is 5.91 Å². The highest BCUT2D eigenvalue weighted by Gasteiger charge is 2.33. The van der Waals surface area contributed by atoms with Gasteiger partial charge in [0, 0.05) is 25.0 Å². The summed E-state index contributed by atoms with van der Waals surface area (Å²) in [4.78, 5) is 14.1. The maximum Gasteiger partial charge on any atom is 0.234 e. The molecule has 1 saturated heterocycles. The molecule has 1 aliphatic heterocycles. The Morgan fingerprint density at radius 2 is 2.00 bits per heavy atom. The number of carbonyl (C=O) groups is 1. The highest BCUT2D eigenvalue weighted by atomic mass is 35.5. The Balaban J connectivity index is 0.00000220. The van der Waals surface area contributed by atoms with Crippen LogP contribution in [0.3, 0.4) is 0 Å². The number of rotatable bonds is 5. The van der Waals surface area contributed by atoms with Gasteiger partial charge in [0.25, 0.3) is 0 Å². The smallest absolute Gasteiger partial charge is 0.234 e. The van der Waals surface area contributed by atoms with Crippen LogP contribution in [0, 0.1) is 5.92 Å². The molecule has 2 atom stereocenters. The van der Waals surface area contributed by atoms with Crippen molar-refractivity contribution in [2.45, 2.75) is 25.8 Å². The summed E-state index contributed by atoms with van der Waals surface area (Å²) in [6.07, 6.45) is 0. The van der Waals surface area contributed by atoms with Crippen LogP contribution >= 0.6 is 12.4 Å². The average molecular weight is 312 g/mol. The number of benzene rings is 1. The van der Waals surface area contributed by atoms with Crippen molar-refractivity contribution in [1.29, 1.82) is 0 Å². The molecule has 2 rings (SSSR count). The second kappa shape index (κ2) is 8.37. The van der Waals surface area contributed by atoms with Gasteiger partial charge in [0.1, 0.15) is 0 Å². The van der Waals surface area contributed by atoms with Gasteiger partial charge in [-0.25, -0.2) is 0 Å². The Morgan fingerprint density at radius 1 is 1.33 bits per heavy atom. The van der Waals surface area contributed by atoms with Gasteiger partial charge >= 0.3 is 0 Å². The Labute approximate surface area is 133 Å². The average Bonchev–Trinajstić information content (AvgIpc) is 2.81. The molecule has 1 fully saturated rings. The van der Waals surface area contributed by atoms with Gasteiger partial charge < -0.3 is 11.1 Å². The molecule has 0 spiro atoms. The Hall–Kier alpha value is -1.10. The number of hydrogen-bond donors (Lipinski definition) is 2. The minimum atomic E-state index is 0. The first-order valence-corrected chi connectivity index (χ1v) is 7.37. The third-order valence-electron chi connectivity index (χ3n) is 3.86. The van der Waals surface area contributed by atoms with Crippen LogP contribution in [-0.2, 0) is 4.79 Å². The van der Waals surface area contributed by atoms with Crippen molar-refractivity contribution in [2.24, 2.45) is 11.7 Å². The minimum absolute atomic E-state index is 0. The molecule has 118 valence electrons. The summed E-state index contributed by atoms with van der Waals surface area (Å²) in [7, 11) is 0. The fourth-order valence-corrected chi connectivity index (χ4v) is 2.98. The fraction of sp³-hybridized carbons (Fsp3) is 0.562. The lowest BCUT2D eigenvalue weighted by Gasteiger charge is -2.17. The summed E-state index contributed by atoms with van der Waals surface area (Å²) < 4.78 is 0. The molecule has 4 nitrogen and oxygen atoms in total. The summed E-state index contributed by atoms with van der Waals surface area (Å²) in [5.74, 6) is 0.974. The van der Waals surface area contributed by atoms with Crippen LogP contribution in [0.1, 0.15) is 25.3 Å². The number of carbonyl (C=O) groups excluding carboxylic acids is 1. The van der Waals surface area contributed by atoms with E-state index in [4.69, 9.17) is 5.73 Å². The van der Waals surface area contributed by atoms with Crippen molar-refractivity contribution in [3.05, 3.63) is 35.9 Å². The van der Waals surface area contributed by atoms with E-state index in [1.807, 2.05) is 19.9 Å². The third kappa shape index (κ3) is 4.99. The van der Waals surface area contributed by atoms with E-state index in [1.165, 1.54) is 5.56 Å². The van der Waals surface area contributed by atoms with Crippen molar-refractivity contribution in [3.63, 3.8) is 0 Å². The molecule has 0 aromatic heterocycles. The first-order chi connectivity index (χ1) is 9.60. The lowest BCUT2D eigenvalue weighted by molar-refractivity contribution is -0.122. The van der Waals surface area contributed by atoms with Crippen molar-refractivity contribution in [2.75, 3.05) is 26.2 Å². The van der Waals surface area contributed by atoms with Gasteiger partial charge in [-0.2, -0.15) is 0 Å². The zero-order valence-corrected chi connectivity index (χ0v) is 13.6. The van der Waals surface area contributed by atoms with Gasteiger partial charge in [-0.1, -0.05) is 30.3 Å². The van der Waals surface area contributed by atoms with Gasteiger partial charge in [-0.05, 0) is 31.9 Å².